The zero-order valence-electron chi connectivity index (χ0n) is 12.5. The van der Waals surface area contributed by atoms with Crippen molar-refractivity contribution in [3.8, 4) is 0 Å². The van der Waals surface area contributed by atoms with Crippen LogP contribution in [0.15, 0.2) is 42.5 Å². The molecule has 0 amide bonds. The summed E-state index contributed by atoms with van der Waals surface area (Å²) in [5, 5.41) is 23.4. The van der Waals surface area contributed by atoms with Crippen LogP contribution < -0.4 is 10.2 Å². The first-order valence-electron chi connectivity index (χ1n) is 7.64. The van der Waals surface area contributed by atoms with Gasteiger partial charge in [0.1, 0.15) is 0 Å². The molecule has 1 saturated carbocycles. The minimum atomic E-state index is -1.60. The fourth-order valence-electron chi connectivity index (χ4n) is 3.55. The van der Waals surface area contributed by atoms with Crippen molar-refractivity contribution in [1.82, 2.24) is 0 Å². The molecule has 0 aromatic heterocycles. The van der Waals surface area contributed by atoms with Crippen LogP contribution in [0.5, 0.6) is 0 Å². The quantitative estimate of drug-likeness (QED) is 0.730. The van der Waals surface area contributed by atoms with Gasteiger partial charge in [0.25, 0.3) is 0 Å². The van der Waals surface area contributed by atoms with Crippen molar-refractivity contribution < 1.29 is 19.8 Å². The molecule has 22 heavy (non-hydrogen) atoms. The van der Waals surface area contributed by atoms with Crippen LogP contribution in [-0.2, 0) is 16.0 Å². The summed E-state index contributed by atoms with van der Waals surface area (Å²) < 4.78 is 0. The van der Waals surface area contributed by atoms with Gasteiger partial charge in [0.15, 0.2) is 0 Å². The maximum absolute atomic E-state index is 12.0. The number of hydrogen-bond acceptors (Lipinski definition) is 4. The van der Waals surface area contributed by atoms with E-state index in [2.05, 4.69) is 6.58 Å². The number of carboxylic acid groups (broad SMARTS) is 2. The number of carboxylic acids is 2. The zero-order chi connectivity index (χ0) is 16.2. The highest BCUT2D eigenvalue weighted by Crippen LogP contribution is 2.45. The molecule has 0 saturated heterocycles. The summed E-state index contributed by atoms with van der Waals surface area (Å²) in [6.07, 6.45) is 4.26. The number of hydrogen-bond donors (Lipinski definition) is 0. The topological polar surface area (TPSA) is 80.3 Å². The van der Waals surface area contributed by atoms with E-state index in [-0.39, 0.29) is 17.9 Å². The van der Waals surface area contributed by atoms with Crippen LogP contribution in [0.4, 0.5) is 0 Å². The Morgan fingerprint density at radius 1 is 1.09 bits per heavy atom. The first kappa shape index (κ1) is 16.3. The summed E-state index contributed by atoms with van der Waals surface area (Å²) in [4.78, 5) is 23.4. The van der Waals surface area contributed by atoms with Crippen molar-refractivity contribution in [2.24, 2.45) is 11.3 Å². The lowest BCUT2D eigenvalue weighted by molar-refractivity contribution is -0.325. The molecule has 4 nitrogen and oxygen atoms in total. The van der Waals surface area contributed by atoms with Gasteiger partial charge in [-0.25, -0.2) is 0 Å². The van der Waals surface area contributed by atoms with Gasteiger partial charge in [0.2, 0.25) is 0 Å². The summed E-state index contributed by atoms with van der Waals surface area (Å²) in [7, 11) is 0. The lowest BCUT2D eigenvalue weighted by Gasteiger charge is -2.45. The Kier molecular flexibility index (Phi) is 5.01. The molecule has 1 atom stereocenters. The van der Waals surface area contributed by atoms with Crippen LogP contribution in [0.25, 0.3) is 0 Å². The van der Waals surface area contributed by atoms with Crippen LogP contribution in [0.3, 0.4) is 0 Å². The van der Waals surface area contributed by atoms with Crippen molar-refractivity contribution in [2.75, 3.05) is 0 Å². The Balaban J connectivity index is 2.46. The average molecular weight is 300 g/mol. The Hall–Kier alpha value is -2.10. The molecule has 1 aromatic rings. The van der Waals surface area contributed by atoms with Crippen molar-refractivity contribution in [2.45, 2.75) is 38.5 Å². The maximum atomic E-state index is 12.0. The standard InChI is InChI=1S/C18H22O4/c1-13(16(19)20)18(17(21)22,15-10-6-3-7-11-15)12-14-8-4-2-5-9-14/h2,4-5,8-9,15H,1,3,6-7,10-12H2,(H,19,20)(H,21,22)/p-2. The van der Waals surface area contributed by atoms with E-state index >= 15 is 0 Å². The summed E-state index contributed by atoms with van der Waals surface area (Å²) in [5.41, 5.74) is -1.21. The lowest BCUT2D eigenvalue weighted by atomic mass is 9.62. The molecule has 0 heterocycles. The van der Waals surface area contributed by atoms with E-state index < -0.39 is 17.4 Å². The van der Waals surface area contributed by atoms with Gasteiger partial charge in [0.05, 0.1) is 11.9 Å². The Morgan fingerprint density at radius 2 is 1.68 bits per heavy atom. The van der Waals surface area contributed by atoms with E-state index in [1.54, 1.807) is 24.3 Å². The first-order chi connectivity index (χ1) is 10.5. The molecule has 0 aliphatic heterocycles. The monoisotopic (exact) mass is 300 g/mol. The van der Waals surface area contributed by atoms with E-state index in [0.717, 1.165) is 24.8 Å². The Morgan fingerprint density at radius 3 is 2.18 bits per heavy atom. The van der Waals surface area contributed by atoms with Crippen LogP contribution >= 0.6 is 0 Å². The molecule has 1 unspecified atom stereocenters. The SMILES string of the molecule is C=C(C(=O)[O-])C(Cc1ccccc1)(C(=O)[O-])C1CCCCC1. The molecule has 0 N–H and O–H groups in total. The van der Waals surface area contributed by atoms with Crippen molar-refractivity contribution in [3.05, 3.63) is 48.0 Å². The highest BCUT2D eigenvalue weighted by Gasteiger charge is 2.43. The molecular weight excluding hydrogens is 280 g/mol. The molecule has 0 bridgehead atoms. The van der Waals surface area contributed by atoms with Crippen molar-refractivity contribution in [3.63, 3.8) is 0 Å². The largest absolute Gasteiger partial charge is 0.549 e. The third-order valence-electron chi connectivity index (χ3n) is 4.78. The fraction of sp³-hybridized carbons (Fsp3) is 0.444. The van der Waals surface area contributed by atoms with E-state index in [9.17, 15) is 19.8 Å². The number of benzene rings is 1. The van der Waals surface area contributed by atoms with Gasteiger partial charge in [-0.05, 0) is 36.3 Å². The minimum absolute atomic E-state index is 0.0770. The predicted molar refractivity (Wildman–Crippen MR) is 78.3 cm³/mol. The highest BCUT2D eigenvalue weighted by atomic mass is 16.4. The second-order valence-corrected chi connectivity index (χ2v) is 6.02. The highest BCUT2D eigenvalue weighted by molar-refractivity contribution is 5.94. The third kappa shape index (κ3) is 3.06. The number of rotatable bonds is 6. The Labute approximate surface area is 130 Å². The molecule has 0 spiro atoms. The van der Waals surface area contributed by atoms with Gasteiger partial charge in [-0.1, -0.05) is 56.2 Å². The van der Waals surface area contributed by atoms with Gasteiger partial charge in [0, 0.05) is 5.41 Å². The molecule has 2 rings (SSSR count). The molecule has 1 fully saturated rings. The summed E-state index contributed by atoms with van der Waals surface area (Å²) in [5.74, 6) is -3.15. The van der Waals surface area contributed by atoms with Gasteiger partial charge in [-0.15, -0.1) is 0 Å². The average Bonchev–Trinajstić information content (AvgIpc) is 2.53. The molecule has 118 valence electrons. The normalized spacial score (nSPS) is 18.4. The molecule has 1 aliphatic rings. The summed E-state index contributed by atoms with van der Waals surface area (Å²) in [6.45, 7) is 3.54. The number of carbonyl (C=O) groups is 2. The van der Waals surface area contributed by atoms with Crippen molar-refractivity contribution in [1.29, 1.82) is 0 Å². The summed E-state index contributed by atoms with van der Waals surface area (Å²) >= 11 is 0. The lowest BCUT2D eigenvalue weighted by Crippen LogP contribution is -2.53. The Bertz CT molecular complexity index is 558. The van der Waals surface area contributed by atoms with Gasteiger partial charge < -0.3 is 19.8 Å². The van der Waals surface area contributed by atoms with Gasteiger partial charge in [-0.2, -0.15) is 0 Å². The van der Waals surface area contributed by atoms with Gasteiger partial charge >= 0.3 is 0 Å². The molecule has 1 aromatic carbocycles. The van der Waals surface area contributed by atoms with E-state index in [1.807, 2.05) is 6.07 Å². The van der Waals surface area contributed by atoms with Crippen LogP contribution in [0, 0.1) is 11.3 Å². The van der Waals surface area contributed by atoms with Crippen LogP contribution in [-0.4, -0.2) is 11.9 Å². The van der Waals surface area contributed by atoms with Gasteiger partial charge in [-0.3, -0.25) is 0 Å². The second kappa shape index (κ2) is 6.77. The molecule has 1 aliphatic carbocycles. The van der Waals surface area contributed by atoms with Crippen LogP contribution in [0.1, 0.15) is 37.7 Å². The van der Waals surface area contributed by atoms with E-state index in [0.29, 0.717) is 12.8 Å². The third-order valence-corrected chi connectivity index (χ3v) is 4.78. The summed E-state index contributed by atoms with van der Waals surface area (Å²) in [6, 6.07) is 9.03. The molecule has 0 radical (unpaired) electrons. The van der Waals surface area contributed by atoms with Crippen LogP contribution in [0.2, 0.25) is 0 Å². The van der Waals surface area contributed by atoms with E-state index in [1.165, 1.54) is 0 Å². The molecule has 4 heteroatoms. The second-order valence-electron chi connectivity index (χ2n) is 6.02. The molecular formula is C18H20O4-2. The smallest absolute Gasteiger partial charge is 0.0678 e. The zero-order valence-corrected chi connectivity index (χ0v) is 12.5. The number of aliphatic carboxylic acids is 2. The van der Waals surface area contributed by atoms with Crippen molar-refractivity contribution >= 4 is 11.9 Å². The fourth-order valence-corrected chi connectivity index (χ4v) is 3.55. The van der Waals surface area contributed by atoms with E-state index in [4.69, 9.17) is 0 Å². The maximum Gasteiger partial charge on any atom is 0.0678 e. The minimum Gasteiger partial charge on any atom is -0.549 e. The predicted octanol–water partition coefficient (Wildman–Crippen LogP) is 0.852. The number of carbonyl (C=O) groups excluding carboxylic acids is 2. The first-order valence-corrected chi connectivity index (χ1v) is 7.64.